The van der Waals surface area contributed by atoms with Crippen molar-refractivity contribution in [3.05, 3.63) is 98.8 Å². The van der Waals surface area contributed by atoms with Crippen LogP contribution in [0.3, 0.4) is 0 Å². The van der Waals surface area contributed by atoms with Gasteiger partial charge in [0, 0.05) is 15.6 Å². The molecule has 4 rings (SSSR count). The summed E-state index contributed by atoms with van der Waals surface area (Å²) in [5.74, 6) is -1.62. The van der Waals surface area contributed by atoms with Crippen molar-refractivity contribution < 1.29 is 23.5 Å². The van der Waals surface area contributed by atoms with Crippen molar-refractivity contribution in [1.82, 2.24) is 5.32 Å². The fourth-order valence-electron chi connectivity index (χ4n) is 3.45. The van der Waals surface area contributed by atoms with E-state index in [1.807, 2.05) is 13.8 Å². The Hall–Kier alpha value is -3.78. The monoisotopic (exact) mass is 522 g/mol. The standard InChI is InChI=1S/C26H20BrFN2O4/c1-15-7-9-20(11-16(15)2)30-25(32)21(24(31)29-26(30)33)13-18-12-19(27)8-10-23(18)34-14-17-5-3-4-6-22(17)28/h3-13H,14H2,1-2H3,(H,29,31,33)/b21-13+. The van der Waals surface area contributed by atoms with E-state index in [4.69, 9.17) is 4.74 Å². The number of carbonyl (C=O) groups excluding carboxylic acids is 3. The number of nitrogens with one attached hydrogen (secondary N) is 1. The summed E-state index contributed by atoms with van der Waals surface area (Å²) < 4.78 is 20.5. The van der Waals surface area contributed by atoms with Crippen molar-refractivity contribution >= 4 is 45.5 Å². The Morgan fingerprint density at radius 1 is 1.00 bits per heavy atom. The molecule has 1 saturated heterocycles. The SMILES string of the molecule is Cc1ccc(N2C(=O)NC(=O)/C(=C\c3cc(Br)ccc3OCc3ccccc3F)C2=O)cc1C. The number of barbiturate groups is 1. The van der Waals surface area contributed by atoms with Crippen molar-refractivity contribution in [2.24, 2.45) is 0 Å². The average Bonchev–Trinajstić information content (AvgIpc) is 2.79. The van der Waals surface area contributed by atoms with Gasteiger partial charge in [0.1, 0.15) is 23.7 Å². The van der Waals surface area contributed by atoms with Crippen molar-refractivity contribution in [3.8, 4) is 5.75 Å². The molecule has 0 bridgehead atoms. The molecular weight excluding hydrogens is 503 g/mol. The minimum Gasteiger partial charge on any atom is -0.488 e. The van der Waals surface area contributed by atoms with Crippen molar-refractivity contribution in [3.63, 3.8) is 0 Å². The molecule has 1 fully saturated rings. The molecule has 1 heterocycles. The lowest BCUT2D eigenvalue weighted by molar-refractivity contribution is -0.122. The number of rotatable bonds is 5. The van der Waals surface area contributed by atoms with Gasteiger partial charge in [-0.3, -0.25) is 14.9 Å². The maximum atomic E-state index is 14.0. The minimum atomic E-state index is -0.819. The summed E-state index contributed by atoms with van der Waals surface area (Å²) in [4.78, 5) is 39.3. The highest BCUT2D eigenvalue weighted by Crippen LogP contribution is 2.29. The molecule has 1 N–H and O–H groups in total. The lowest BCUT2D eigenvalue weighted by Gasteiger charge is -2.27. The summed E-state index contributed by atoms with van der Waals surface area (Å²) in [6.45, 7) is 3.74. The summed E-state index contributed by atoms with van der Waals surface area (Å²) in [7, 11) is 0. The van der Waals surface area contributed by atoms with Gasteiger partial charge in [0.25, 0.3) is 11.8 Å². The average molecular weight is 523 g/mol. The molecule has 1 aliphatic heterocycles. The molecule has 1 aliphatic rings. The van der Waals surface area contributed by atoms with E-state index in [0.29, 0.717) is 27.0 Å². The van der Waals surface area contributed by atoms with Crippen molar-refractivity contribution in [2.45, 2.75) is 20.5 Å². The molecule has 0 aromatic heterocycles. The smallest absolute Gasteiger partial charge is 0.335 e. The number of carbonyl (C=O) groups is 3. The summed E-state index contributed by atoms with van der Waals surface area (Å²) in [5.41, 5.74) is 2.81. The van der Waals surface area contributed by atoms with Crippen LogP contribution in [0.5, 0.6) is 5.75 Å². The fourth-order valence-corrected chi connectivity index (χ4v) is 3.83. The lowest BCUT2D eigenvalue weighted by Crippen LogP contribution is -2.54. The molecule has 172 valence electrons. The van der Waals surface area contributed by atoms with E-state index in [1.54, 1.807) is 54.6 Å². The number of hydrogen-bond donors (Lipinski definition) is 1. The van der Waals surface area contributed by atoms with E-state index < -0.39 is 23.7 Å². The number of nitrogens with zero attached hydrogens (tertiary/aromatic N) is 1. The first-order chi connectivity index (χ1) is 16.2. The van der Waals surface area contributed by atoms with Gasteiger partial charge in [0.15, 0.2) is 0 Å². The third kappa shape index (κ3) is 4.77. The second-order valence-corrected chi connectivity index (χ2v) is 8.70. The highest BCUT2D eigenvalue weighted by Gasteiger charge is 2.37. The summed E-state index contributed by atoms with van der Waals surface area (Å²) in [6.07, 6.45) is 1.36. The van der Waals surface area contributed by atoms with Gasteiger partial charge in [-0.25, -0.2) is 14.1 Å². The van der Waals surface area contributed by atoms with Gasteiger partial charge in [-0.2, -0.15) is 0 Å². The molecule has 0 unspecified atom stereocenters. The predicted molar refractivity (Wildman–Crippen MR) is 130 cm³/mol. The zero-order valence-corrected chi connectivity index (χ0v) is 20.0. The van der Waals surface area contributed by atoms with E-state index in [9.17, 15) is 18.8 Å². The van der Waals surface area contributed by atoms with E-state index >= 15 is 0 Å². The number of ether oxygens (including phenoxy) is 1. The van der Waals surface area contributed by atoms with Crippen LogP contribution in [0.2, 0.25) is 0 Å². The van der Waals surface area contributed by atoms with Crippen molar-refractivity contribution in [1.29, 1.82) is 0 Å². The Morgan fingerprint density at radius 3 is 2.50 bits per heavy atom. The Morgan fingerprint density at radius 2 is 1.76 bits per heavy atom. The normalized spacial score (nSPS) is 15.0. The Kier molecular flexibility index (Phi) is 6.61. The van der Waals surface area contributed by atoms with Gasteiger partial charge in [0.2, 0.25) is 0 Å². The molecular formula is C26H20BrFN2O4. The van der Waals surface area contributed by atoms with Crippen LogP contribution in [-0.4, -0.2) is 17.8 Å². The molecule has 6 nitrogen and oxygen atoms in total. The van der Waals surface area contributed by atoms with Gasteiger partial charge in [0.05, 0.1) is 5.69 Å². The maximum Gasteiger partial charge on any atom is 0.335 e. The molecule has 8 heteroatoms. The van der Waals surface area contributed by atoms with Crippen LogP contribution < -0.4 is 15.0 Å². The first-order valence-electron chi connectivity index (χ1n) is 10.4. The number of benzene rings is 3. The number of aryl methyl sites for hydroxylation is 2. The summed E-state index contributed by atoms with van der Waals surface area (Å²) >= 11 is 3.38. The molecule has 0 spiro atoms. The Balaban J connectivity index is 1.69. The lowest BCUT2D eigenvalue weighted by atomic mass is 10.0. The third-order valence-electron chi connectivity index (χ3n) is 5.46. The highest BCUT2D eigenvalue weighted by molar-refractivity contribution is 9.10. The number of hydrogen-bond acceptors (Lipinski definition) is 4. The predicted octanol–water partition coefficient (Wildman–Crippen LogP) is 5.45. The van der Waals surface area contributed by atoms with Gasteiger partial charge >= 0.3 is 6.03 Å². The van der Waals surface area contributed by atoms with E-state index in [1.165, 1.54) is 12.1 Å². The zero-order chi connectivity index (χ0) is 24.4. The van der Waals surface area contributed by atoms with Crippen LogP contribution in [0, 0.1) is 19.7 Å². The molecule has 4 amide bonds. The van der Waals surface area contributed by atoms with Crippen LogP contribution in [-0.2, 0) is 16.2 Å². The molecule has 3 aromatic rings. The number of urea groups is 1. The molecule has 0 saturated carbocycles. The van der Waals surface area contributed by atoms with Gasteiger partial charge < -0.3 is 4.74 Å². The number of anilines is 1. The highest BCUT2D eigenvalue weighted by atomic mass is 79.9. The van der Waals surface area contributed by atoms with Crippen LogP contribution >= 0.6 is 15.9 Å². The molecule has 3 aromatic carbocycles. The second-order valence-electron chi connectivity index (χ2n) is 7.79. The van der Waals surface area contributed by atoms with Crippen LogP contribution in [0.25, 0.3) is 6.08 Å². The van der Waals surface area contributed by atoms with Gasteiger partial charge in [-0.15, -0.1) is 0 Å². The molecule has 34 heavy (non-hydrogen) atoms. The number of imide groups is 2. The van der Waals surface area contributed by atoms with E-state index in [2.05, 4.69) is 21.2 Å². The van der Waals surface area contributed by atoms with Gasteiger partial charge in [-0.05, 0) is 67.4 Å². The van der Waals surface area contributed by atoms with Crippen LogP contribution in [0.15, 0.2) is 70.7 Å². The van der Waals surface area contributed by atoms with E-state index in [0.717, 1.165) is 16.0 Å². The summed E-state index contributed by atoms with van der Waals surface area (Å²) in [5, 5.41) is 2.22. The number of halogens is 2. The fraction of sp³-hybridized carbons (Fsp3) is 0.115. The maximum absolute atomic E-state index is 14.0. The molecule has 0 aliphatic carbocycles. The van der Waals surface area contributed by atoms with Crippen molar-refractivity contribution in [2.75, 3.05) is 4.90 Å². The molecule has 0 atom stereocenters. The Bertz CT molecular complexity index is 1350. The van der Waals surface area contributed by atoms with Gasteiger partial charge in [-0.1, -0.05) is 40.2 Å². The minimum absolute atomic E-state index is 0.0438. The van der Waals surface area contributed by atoms with Crippen LogP contribution in [0.4, 0.5) is 14.9 Å². The number of amides is 4. The second kappa shape index (κ2) is 9.61. The zero-order valence-electron chi connectivity index (χ0n) is 18.4. The quantitative estimate of drug-likeness (QED) is 0.357. The summed E-state index contributed by atoms with van der Waals surface area (Å²) in [6, 6.07) is 15.6. The first-order valence-corrected chi connectivity index (χ1v) is 11.2. The van der Waals surface area contributed by atoms with E-state index in [-0.39, 0.29) is 12.2 Å². The Labute approximate surface area is 204 Å². The van der Waals surface area contributed by atoms with Crippen LogP contribution in [0.1, 0.15) is 22.3 Å². The topological polar surface area (TPSA) is 75.7 Å². The molecule has 0 radical (unpaired) electrons. The third-order valence-corrected chi connectivity index (χ3v) is 5.96. The largest absolute Gasteiger partial charge is 0.488 e. The first kappa shape index (κ1) is 23.4.